The summed E-state index contributed by atoms with van der Waals surface area (Å²) in [4.78, 5) is 242. The zero-order chi connectivity index (χ0) is 80.8. The highest BCUT2D eigenvalue weighted by atomic mass is 16.4. The number of carboxylic acids is 4. The van der Waals surface area contributed by atoms with E-state index in [1.54, 1.807) is 0 Å². The lowest BCUT2D eigenvalue weighted by molar-refractivity contribution is -0.144. The average molecular weight is 1520 g/mol. The number of rotatable bonds is 50. The molecule has 1 aliphatic rings. The van der Waals surface area contributed by atoms with Gasteiger partial charge < -0.3 is 139 Å². The summed E-state index contributed by atoms with van der Waals surface area (Å²) in [5, 5.41) is 95.3. The number of carbonyl (C=O) groups excluding carboxylic acids is 14. The first kappa shape index (κ1) is 92.9. The van der Waals surface area contributed by atoms with Crippen LogP contribution in [0.2, 0.25) is 0 Å². The van der Waals surface area contributed by atoms with Crippen LogP contribution >= 0.6 is 0 Å². The third-order valence-electron chi connectivity index (χ3n) is 15.6. The van der Waals surface area contributed by atoms with E-state index in [0.717, 1.165) is 11.8 Å². The fraction of sp³-hybridized carbons (Fsp3) is 0.667. The minimum Gasteiger partial charge on any atom is -0.481 e. The molecule has 1 heterocycles. The van der Waals surface area contributed by atoms with Crippen molar-refractivity contribution in [2.75, 3.05) is 45.9 Å². The van der Waals surface area contributed by atoms with E-state index in [9.17, 15) is 112 Å². The molecule has 46 heteroatoms. The van der Waals surface area contributed by atoms with Crippen LogP contribution in [0, 0.1) is 11.8 Å². The molecule has 1 rings (SSSR count). The molecule has 0 aromatic heterocycles. The molecule has 1 aliphatic heterocycles. The average Bonchev–Trinajstić information content (AvgIpc) is 1.64. The number of aliphatic carboxylic acids is 4. The number of likely N-dealkylation sites (tertiary alicyclic amines) is 1. The van der Waals surface area contributed by atoms with Crippen LogP contribution in [0.3, 0.4) is 0 Å². The number of amides is 14. The van der Waals surface area contributed by atoms with E-state index in [-0.39, 0.29) is 76.5 Å². The number of guanidine groups is 2. The summed E-state index contributed by atoms with van der Waals surface area (Å²) in [5.74, 6) is -23.3. The topological polar surface area (TPSA) is 777 Å². The first-order valence-corrected chi connectivity index (χ1v) is 33.4. The molecule has 0 aromatic carbocycles. The molecule has 106 heavy (non-hydrogen) atoms. The van der Waals surface area contributed by atoms with Crippen LogP contribution in [0.25, 0.3) is 0 Å². The molecule has 1 saturated heterocycles. The fourth-order valence-electron chi connectivity index (χ4n) is 9.95. The number of primary amides is 1. The molecule has 31 N–H and O–H groups in total. The summed E-state index contributed by atoms with van der Waals surface area (Å²) < 4.78 is 0. The van der Waals surface area contributed by atoms with E-state index >= 15 is 0 Å². The Morgan fingerprint density at radius 1 is 0.443 bits per heavy atom. The smallest absolute Gasteiger partial charge is 0.326 e. The van der Waals surface area contributed by atoms with Gasteiger partial charge in [-0.25, -0.2) is 4.79 Å². The molecule has 46 nitrogen and oxygen atoms in total. The number of hydrogen-bond donors (Lipinski definition) is 25. The lowest BCUT2D eigenvalue weighted by atomic mass is 10.0. The molecule has 1 fully saturated rings. The van der Waals surface area contributed by atoms with Crippen molar-refractivity contribution in [2.45, 2.75) is 197 Å². The quantitative estimate of drug-likeness (QED) is 0.0153. The van der Waals surface area contributed by atoms with E-state index in [2.05, 4.69) is 73.8 Å². The second kappa shape index (κ2) is 47.2. The van der Waals surface area contributed by atoms with Crippen LogP contribution in [0.1, 0.15) is 118 Å². The van der Waals surface area contributed by atoms with Crippen LogP contribution in [0.4, 0.5) is 0 Å². The van der Waals surface area contributed by atoms with Gasteiger partial charge in [0.15, 0.2) is 11.9 Å². The Morgan fingerprint density at radius 2 is 0.840 bits per heavy atom. The first-order valence-electron chi connectivity index (χ1n) is 33.4. The summed E-state index contributed by atoms with van der Waals surface area (Å²) in [6.45, 7) is 2.42. The van der Waals surface area contributed by atoms with Crippen molar-refractivity contribution in [2.24, 2.45) is 56.2 Å². The standard InChI is InChI=1S/C60H101N21O25/c1-26(2)44(79-51(98)32(13-16-42(90)91)72-47(94)29(61)12-15-41(88)89)54(101)76-35(24-82)48(95)69-22-39(86)71-34(21-38(62)85)52(99)80-45(27(3)4)55(102)77-36(25-83)57(104)81-20-8-11-37(81)53(100)70-23-40(87)78-46(28(5)84)56(103)74-31(10-7-19-68-60(65)66)49(96)73-30(9-6-18-67-59(63)64)50(97)75-33(58(105)106)14-17-43(92)93/h26-37,44-46,82-84H,6-25,61H2,1-5H3,(H2,62,85)(H,69,95)(H,70,100)(H,71,86)(H,72,94)(H,73,96)(H,74,103)(H,75,97)(H,76,101)(H,77,102)(H,78,87)(H,79,98)(H,80,99)(H,88,89)(H,90,91)(H,92,93)(H,105,106)(H4,63,64,67)(H4,65,66,68)/t28-,29+,30+,31+,32+,33+,34+,35+,36+,37+,44+,45+,46+/m1/s1. The van der Waals surface area contributed by atoms with Gasteiger partial charge in [-0.1, -0.05) is 27.7 Å². The van der Waals surface area contributed by atoms with Crippen LogP contribution in [-0.2, 0) is 86.3 Å². The molecule has 0 bridgehead atoms. The minimum atomic E-state index is -1.86. The molecule has 13 atom stereocenters. The van der Waals surface area contributed by atoms with E-state index in [1.165, 1.54) is 27.7 Å². The Morgan fingerprint density at radius 3 is 1.29 bits per heavy atom. The summed E-state index contributed by atoms with van der Waals surface area (Å²) in [7, 11) is 0. The van der Waals surface area contributed by atoms with Crippen molar-refractivity contribution in [3.8, 4) is 0 Å². The van der Waals surface area contributed by atoms with E-state index in [4.69, 9.17) is 44.6 Å². The third kappa shape index (κ3) is 34.9. The largest absolute Gasteiger partial charge is 0.481 e. The predicted molar refractivity (Wildman–Crippen MR) is 365 cm³/mol. The molecule has 0 unspecified atom stereocenters. The van der Waals surface area contributed by atoms with Crippen molar-refractivity contribution in [1.29, 1.82) is 0 Å². The van der Waals surface area contributed by atoms with E-state index in [0.29, 0.717) is 0 Å². The monoisotopic (exact) mass is 1520 g/mol. The van der Waals surface area contributed by atoms with Crippen LogP contribution < -0.4 is 98.2 Å². The van der Waals surface area contributed by atoms with Gasteiger partial charge in [-0.2, -0.15) is 0 Å². The molecule has 596 valence electrons. The summed E-state index contributed by atoms with van der Waals surface area (Å²) >= 11 is 0. The maximum Gasteiger partial charge on any atom is 0.326 e. The number of aliphatic hydroxyl groups excluding tert-OH is 3. The number of nitrogens with two attached hydrogens (primary N) is 6. The Labute approximate surface area is 606 Å². The van der Waals surface area contributed by atoms with Crippen molar-refractivity contribution < 1.29 is 122 Å². The Kier molecular flexibility index (Phi) is 41.4. The molecule has 0 aliphatic carbocycles. The predicted octanol–water partition coefficient (Wildman–Crippen LogP) is -12.3. The molecule has 0 aromatic rings. The van der Waals surface area contributed by atoms with Crippen LogP contribution in [0.15, 0.2) is 9.98 Å². The van der Waals surface area contributed by atoms with Gasteiger partial charge in [0, 0.05) is 38.9 Å². The first-order chi connectivity index (χ1) is 49.5. The van der Waals surface area contributed by atoms with Crippen molar-refractivity contribution in [1.82, 2.24) is 68.7 Å². The maximum atomic E-state index is 14.0. The zero-order valence-corrected chi connectivity index (χ0v) is 59.1. The minimum absolute atomic E-state index is 0.0114. The second-order valence-electron chi connectivity index (χ2n) is 25.0. The summed E-state index contributed by atoms with van der Waals surface area (Å²) in [6, 6.07) is -19.7. The molecular formula is C60H101N21O25. The normalized spacial score (nSPS) is 15.8. The third-order valence-corrected chi connectivity index (χ3v) is 15.6. The summed E-state index contributed by atoms with van der Waals surface area (Å²) in [6.07, 6.45) is -6.19. The molecule has 0 saturated carbocycles. The second-order valence-corrected chi connectivity index (χ2v) is 25.0. The molecule has 0 radical (unpaired) electrons. The van der Waals surface area contributed by atoms with Gasteiger partial charge in [0.2, 0.25) is 82.7 Å². The number of carbonyl (C=O) groups is 18. The van der Waals surface area contributed by atoms with Gasteiger partial charge in [0.05, 0.1) is 44.9 Å². The maximum absolute atomic E-state index is 14.0. The number of nitrogens with zero attached hydrogens (tertiary/aromatic N) is 3. The van der Waals surface area contributed by atoms with Gasteiger partial charge in [-0.15, -0.1) is 0 Å². The Hall–Kier alpha value is -11.2. The molecule has 0 spiro atoms. The van der Waals surface area contributed by atoms with Crippen LogP contribution in [0.5, 0.6) is 0 Å². The number of aliphatic imine (C=N–C) groups is 2. The van der Waals surface area contributed by atoms with Gasteiger partial charge in [0.25, 0.3) is 0 Å². The molecular weight excluding hydrogens is 1410 g/mol. The highest BCUT2D eigenvalue weighted by Gasteiger charge is 2.41. The molecule has 14 amide bonds. The van der Waals surface area contributed by atoms with Crippen molar-refractivity contribution in [3.63, 3.8) is 0 Å². The fourth-order valence-corrected chi connectivity index (χ4v) is 9.95. The van der Waals surface area contributed by atoms with Crippen molar-refractivity contribution in [3.05, 3.63) is 0 Å². The van der Waals surface area contributed by atoms with Gasteiger partial charge in [-0.05, 0) is 76.5 Å². The SMILES string of the molecule is CC(C)[C@H](NC(=O)[C@H](CCC(=O)O)NC(=O)[C@@H](N)CCC(=O)O)C(=O)N[C@@H](CO)C(=O)NCC(=O)N[C@@H](CC(N)=O)C(=O)N[C@H](C(=O)N[C@@H](CO)C(=O)N1CCC[C@H]1C(=O)NCC(=O)N[C@H](C(=O)N[C@@H](CCCN=C(N)N)C(=O)N[C@@H](CCCN=C(N)N)C(=O)N[C@@H](CCC(=O)O)C(=O)O)[C@@H](C)O)C(C)C. The number of nitrogens with one attached hydrogen (secondary N) is 12. The number of carboxylic acid groups (broad SMARTS) is 4. The Balaban J connectivity index is 3.22. The van der Waals surface area contributed by atoms with Crippen molar-refractivity contribution >= 4 is 118 Å². The number of aliphatic hydroxyl groups is 3. The van der Waals surface area contributed by atoms with Gasteiger partial charge in [-0.3, -0.25) is 91.5 Å². The highest BCUT2D eigenvalue weighted by Crippen LogP contribution is 2.19. The van der Waals surface area contributed by atoms with E-state index < -0.39 is 262 Å². The van der Waals surface area contributed by atoms with E-state index in [1.807, 2.05) is 0 Å². The highest BCUT2D eigenvalue weighted by molar-refractivity contribution is 6.00. The van der Waals surface area contributed by atoms with Crippen LogP contribution in [-0.4, -0.2) is 284 Å². The number of hydrogen-bond acceptors (Lipinski definition) is 24. The summed E-state index contributed by atoms with van der Waals surface area (Å²) in [5.41, 5.74) is 32.7. The lowest BCUT2D eigenvalue weighted by Crippen LogP contribution is -2.61. The Bertz CT molecular complexity index is 3180. The zero-order valence-electron chi connectivity index (χ0n) is 59.1. The van der Waals surface area contributed by atoms with Gasteiger partial charge >= 0.3 is 23.9 Å². The lowest BCUT2D eigenvalue weighted by Gasteiger charge is -2.30. The van der Waals surface area contributed by atoms with Gasteiger partial charge in [0.1, 0.15) is 66.5 Å².